The molecule has 0 saturated heterocycles. The van der Waals surface area contributed by atoms with Crippen molar-refractivity contribution in [2.75, 3.05) is 16.4 Å². The topological polar surface area (TPSA) is 71.1 Å². The standard InChI is InChI=1S/C21H21N3O2S2/c1-14-4-3-5-16(10-14)11-27-13-20(26)24-21-23-19(12-28-21)17-6-8-18(9-7-17)22-15(2)25/h3-10,12H,11,13H2,1-2H3,(H,22,25)(H,23,24,26). The predicted molar refractivity (Wildman–Crippen MR) is 118 cm³/mol. The normalized spacial score (nSPS) is 10.5. The Hall–Kier alpha value is -2.64. The number of aryl methyl sites for hydroxylation is 1. The molecule has 0 unspecified atom stereocenters. The van der Waals surface area contributed by atoms with Gasteiger partial charge in [-0.25, -0.2) is 4.98 Å². The van der Waals surface area contributed by atoms with E-state index in [4.69, 9.17) is 0 Å². The van der Waals surface area contributed by atoms with Crippen LogP contribution in [0.15, 0.2) is 53.9 Å². The van der Waals surface area contributed by atoms with E-state index in [-0.39, 0.29) is 11.8 Å². The Morgan fingerprint density at radius 1 is 1.11 bits per heavy atom. The zero-order chi connectivity index (χ0) is 19.9. The highest BCUT2D eigenvalue weighted by Gasteiger charge is 2.09. The summed E-state index contributed by atoms with van der Waals surface area (Å²) in [6.07, 6.45) is 0. The van der Waals surface area contributed by atoms with Crippen molar-refractivity contribution < 1.29 is 9.59 Å². The van der Waals surface area contributed by atoms with Crippen LogP contribution in [0.25, 0.3) is 11.3 Å². The molecule has 144 valence electrons. The average molecular weight is 412 g/mol. The number of thioether (sulfide) groups is 1. The number of anilines is 2. The van der Waals surface area contributed by atoms with Crippen molar-refractivity contribution in [3.63, 3.8) is 0 Å². The van der Waals surface area contributed by atoms with Gasteiger partial charge in [-0.1, -0.05) is 42.0 Å². The van der Waals surface area contributed by atoms with Crippen molar-refractivity contribution in [1.82, 2.24) is 4.98 Å². The number of thiazole rings is 1. The van der Waals surface area contributed by atoms with Gasteiger partial charge < -0.3 is 10.6 Å². The van der Waals surface area contributed by atoms with Gasteiger partial charge in [0.2, 0.25) is 11.8 Å². The van der Waals surface area contributed by atoms with Crippen molar-refractivity contribution in [3.05, 3.63) is 65.0 Å². The minimum atomic E-state index is -0.105. The molecule has 7 heteroatoms. The molecule has 0 bridgehead atoms. The van der Waals surface area contributed by atoms with Crippen LogP contribution in [0, 0.1) is 6.92 Å². The summed E-state index contributed by atoms with van der Waals surface area (Å²) in [5, 5.41) is 8.08. The van der Waals surface area contributed by atoms with Gasteiger partial charge in [-0.2, -0.15) is 0 Å². The van der Waals surface area contributed by atoms with Crippen molar-refractivity contribution in [3.8, 4) is 11.3 Å². The summed E-state index contributed by atoms with van der Waals surface area (Å²) in [5.74, 6) is 1.03. The number of carbonyl (C=O) groups excluding carboxylic acids is 2. The van der Waals surface area contributed by atoms with E-state index in [1.54, 1.807) is 11.8 Å². The maximum absolute atomic E-state index is 12.2. The number of rotatable bonds is 7. The minimum Gasteiger partial charge on any atom is -0.326 e. The van der Waals surface area contributed by atoms with E-state index in [9.17, 15) is 9.59 Å². The van der Waals surface area contributed by atoms with Crippen molar-refractivity contribution >= 4 is 45.7 Å². The third kappa shape index (κ3) is 5.94. The smallest absolute Gasteiger partial charge is 0.236 e. The summed E-state index contributed by atoms with van der Waals surface area (Å²) in [6.45, 7) is 3.54. The van der Waals surface area contributed by atoms with Crippen molar-refractivity contribution in [2.45, 2.75) is 19.6 Å². The lowest BCUT2D eigenvalue weighted by atomic mass is 10.1. The van der Waals surface area contributed by atoms with Crippen LogP contribution in [-0.2, 0) is 15.3 Å². The van der Waals surface area contributed by atoms with Crippen LogP contribution in [-0.4, -0.2) is 22.6 Å². The van der Waals surface area contributed by atoms with E-state index >= 15 is 0 Å². The number of carbonyl (C=O) groups is 2. The van der Waals surface area contributed by atoms with Crippen molar-refractivity contribution in [1.29, 1.82) is 0 Å². The minimum absolute atomic E-state index is 0.0560. The first-order valence-electron chi connectivity index (χ1n) is 8.76. The van der Waals surface area contributed by atoms with Crippen LogP contribution in [0.4, 0.5) is 10.8 Å². The SMILES string of the molecule is CC(=O)Nc1ccc(-c2csc(NC(=O)CSCc3cccc(C)c3)n2)cc1. The van der Waals surface area contributed by atoms with Crippen LogP contribution in [0.3, 0.4) is 0 Å². The number of nitrogens with zero attached hydrogens (tertiary/aromatic N) is 1. The Balaban J connectivity index is 1.51. The molecule has 28 heavy (non-hydrogen) atoms. The zero-order valence-electron chi connectivity index (χ0n) is 15.7. The molecule has 3 rings (SSSR count). The van der Waals surface area contributed by atoms with Crippen molar-refractivity contribution in [2.24, 2.45) is 0 Å². The molecular formula is C21H21N3O2S2. The maximum Gasteiger partial charge on any atom is 0.236 e. The second kappa shape index (κ2) is 9.52. The summed E-state index contributed by atoms with van der Waals surface area (Å²) >= 11 is 2.98. The molecule has 0 aliphatic heterocycles. The van der Waals surface area contributed by atoms with Gasteiger partial charge in [0.15, 0.2) is 5.13 Å². The molecule has 2 N–H and O–H groups in total. The van der Waals surface area contributed by atoms with Crippen LogP contribution in [0.5, 0.6) is 0 Å². The maximum atomic E-state index is 12.2. The lowest BCUT2D eigenvalue weighted by Gasteiger charge is -2.04. The number of amides is 2. The van der Waals surface area contributed by atoms with Gasteiger partial charge in [0.05, 0.1) is 11.4 Å². The Morgan fingerprint density at radius 3 is 2.61 bits per heavy atom. The second-order valence-corrected chi connectivity index (χ2v) is 8.17. The van der Waals surface area contributed by atoms with E-state index in [1.807, 2.05) is 35.7 Å². The first kappa shape index (κ1) is 20.1. The predicted octanol–water partition coefficient (Wildman–Crippen LogP) is 4.95. The highest BCUT2D eigenvalue weighted by Crippen LogP contribution is 2.26. The molecule has 0 aliphatic rings. The molecular weight excluding hydrogens is 390 g/mol. The van der Waals surface area contributed by atoms with Gasteiger partial charge in [0, 0.05) is 29.3 Å². The van der Waals surface area contributed by atoms with Crippen LogP contribution >= 0.6 is 23.1 Å². The molecule has 0 atom stereocenters. The Kier molecular flexibility index (Phi) is 6.84. The molecule has 3 aromatic rings. The molecule has 0 fully saturated rings. The Morgan fingerprint density at radius 2 is 1.89 bits per heavy atom. The molecule has 0 saturated carbocycles. The molecule has 0 aliphatic carbocycles. The number of hydrogen-bond donors (Lipinski definition) is 2. The zero-order valence-corrected chi connectivity index (χ0v) is 17.3. The highest BCUT2D eigenvalue weighted by atomic mass is 32.2. The number of hydrogen-bond acceptors (Lipinski definition) is 5. The average Bonchev–Trinajstić information content (AvgIpc) is 3.10. The second-order valence-electron chi connectivity index (χ2n) is 6.33. The quantitative estimate of drug-likeness (QED) is 0.577. The lowest BCUT2D eigenvalue weighted by molar-refractivity contribution is -0.114. The first-order valence-corrected chi connectivity index (χ1v) is 10.8. The first-order chi connectivity index (χ1) is 13.5. The van der Waals surface area contributed by atoms with Gasteiger partial charge in [-0.15, -0.1) is 23.1 Å². The fourth-order valence-corrected chi connectivity index (χ4v) is 4.12. The highest BCUT2D eigenvalue weighted by molar-refractivity contribution is 7.99. The van der Waals surface area contributed by atoms with E-state index in [0.29, 0.717) is 10.9 Å². The summed E-state index contributed by atoms with van der Waals surface area (Å²) in [6, 6.07) is 15.7. The number of nitrogens with one attached hydrogen (secondary N) is 2. The van der Waals surface area contributed by atoms with Crippen LogP contribution < -0.4 is 10.6 Å². The van der Waals surface area contributed by atoms with Gasteiger partial charge in [0.25, 0.3) is 0 Å². The third-order valence-corrected chi connectivity index (χ3v) is 5.60. The summed E-state index contributed by atoms with van der Waals surface area (Å²) in [5.41, 5.74) is 4.91. The summed E-state index contributed by atoms with van der Waals surface area (Å²) < 4.78 is 0. The lowest BCUT2D eigenvalue weighted by Crippen LogP contribution is -2.14. The molecule has 1 aromatic heterocycles. The van der Waals surface area contributed by atoms with Gasteiger partial charge in [-0.3, -0.25) is 9.59 Å². The molecule has 0 radical (unpaired) electrons. The number of aromatic nitrogens is 1. The van der Waals surface area contributed by atoms with E-state index in [1.165, 1.54) is 29.4 Å². The molecule has 2 amide bonds. The summed E-state index contributed by atoms with van der Waals surface area (Å²) in [4.78, 5) is 27.7. The molecule has 1 heterocycles. The fraction of sp³-hybridized carbons (Fsp3) is 0.190. The van der Waals surface area contributed by atoms with Gasteiger partial charge >= 0.3 is 0 Å². The molecule has 2 aromatic carbocycles. The third-order valence-electron chi connectivity index (χ3n) is 3.84. The largest absolute Gasteiger partial charge is 0.326 e. The monoisotopic (exact) mass is 411 g/mol. The van der Waals surface area contributed by atoms with Crippen LogP contribution in [0.1, 0.15) is 18.1 Å². The fourth-order valence-electron chi connectivity index (χ4n) is 2.61. The van der Waals surface area contributed by atoms with Gasteiger partial charge in [-0.05, 0) is 24.6 Å². The van der Waals surface area contributed by atoms with Gasteiger partial charge in [0.1, 0.15) is 0 Å². The van der Waals surface area contributed by atoms with E-state index in [0.717, 1.165) is 22.7 Å². The molecule has 5 nitrogen and oxygen atoms in total. The Labute approximate surface area is 172 Å². The van der Waals surface area contributed by atoms with Crippen LogP contribution in [0.2, 0.25) is 0 Å². The number of benzene rings is 2. The van der Waals surface area contributed by atoms with E-state index in [2.05, 4.69) is 40.7 Å². The Bertz CT molecular complexity index is 968. The molecule has 0 spiro atoms. The summed E-state index contributed by atoms with van der Waals surface area (Å²) in [7, 11) is 0. The van der Waals surface area contributed by atoms with E-state index < -0.39 is 0 Å².